The van der Waals surface area contributed by atoms with Crippen molar-refractivity contribution in [3.05, 3.63) is 65.2 Å². The first-order valence-electron chi connectivity index (χ1n) is 9.47. The third-order valence-corrected chi connectivity index (χ3v) is 5.47. The van der Waals surface area contributed by atoms with E-state index in [2.05, 4.69) is 16.0 Å². The van der Waals surface area contributed by atoms with E-state index >= 15 is 0 Å². The topological polar surface area (TPSA) is 90.5 Å². The number of hydrogen-bond donors (Lipinski definition) is 3. The minimum Gasteiger partial charge on any atom is -0.342 e. The van der Waals surface area contributed by atoms with Gasteiger partial charge in [-0.25, -0.2) is 4.79 Å². The van der Waals surface area contributed by atoms with Crippen LogP contribution in [0.4, 0.5) is 10.5 Å². The van der Waals surface area contributed by atoms with Crippen molar-refractivity contribution in [1.82, 2.24) is 15.5 Å². The fraction of sp³-hybridized carbons (Fsp3) is 0.286. The van der Waals surface area contributed by atoms with Crippen LogP contribution in [-0.2, 0) is 16.0 Å². The lowest BCUT2D eigenvalue weighted by atomic mass is 10.0. The Hall–Kier alpha value is -3.06. The first-order chi connectivity index (χ1) is 14.0. The van der Waals surface area contributed by atoms with E-state index < -0.39 is 12.1 Å². The number of rotatable bonds is 4. The van der Waals surface area contributed by atoms with Gasteiger partial charge in [0, 0.05) is 23.7 Å². The molecule has 7 nitrogen and oxygen atoms in total. The SMILES string of the molecule is O=C(Nc1ccc(Cl)cc1)N[C@H]1C[C@H]2C(=O)N[C@@H](Cc3ccccc3)C(=O)N2C1. The molecule has 2 aromatic carbocycles. The second kappa shape index (κ2) is 8.13. The molecule has 3 atom stereocenters. The van der Waals surface area contributed by atoms with Gasteiger partial charge in [-0.05, 0) is 36.2 Å². The molecule has 0 spiro atoms. The van der Waals surface area contributed by atoms with E-state index in [0.717, 1.165) is 5.56 Å². The van der Waals surface area contributed by atoms with E-state index in [1.165, 1.54) is 0 Å². The molecule has 150 valence electrons. The van der Waals surface area contributed by atoms with Gasteiger partial charge in [0.25, 0.3) is 0 Å². The van der Waals surface area contributed by atoms with E-state index in [9.17, 15) is 14.4 Å². The predicted octanol–water partition coefficient (Wildman–Crippen LogP) is 2.17. The van der Waals surface area contributed by atoms with Crippen LogP contribution in [0.25, 0.3) is 0 Å². The maximum atomic E-state index is 12.9. The summed E-state index contributed by atoms with van der Waals surface area (Å²) in [6.07, 6.45) is 0.841. The second-order valence-electron chi connectivity index (χ2n) is 7.30. The highest BCUT2D eigenvalue weighted by molar-refractivity contribution is 6.30. The largest absolute Gasteiger partial charge is 0.342 e. The van der Waals surface area contributed by atoms with E-state index in [1.54, 1.807) is 29.2 Å². The van der Waals surface area contributed by atoms with Crippen LogP contribution in [0.1, 0.15) is 12.0 Å². The lowest BCUT2D eigenvalue weighted by molar-refractivity contribution is -0.147. The Kier molecular flexibility index (Phi) is 5.40. The lowest BCUT2D eigenvalue weighted by Crippen LogP contribution is -2.61. The molecule has 29 heavy (non-hydrogen) atoms. The number of urea groups is 1. The molecule has 0 unspecified atom stereocenters. The van der Waals surface area contributed by atoms with Crippen LogP contribution in [0.3, 0.4) is 0 Å². The van der Waals surface area contributed by atoms with Crippen molar-refractivity contribution in [3.8, 4) is 0 Å². The zero-order chi connectivity index (χ0) is 20.4. The third kappa shape index (κ3) is 4.35. The molecule has 2 saturated heterocycles. The minimum atomic E-state index is -0.581. The molecule has 4 rings (SSSR count). The first kappa shape index (κ1) is 19.3. The maximum Gasteiger partial charge on any atom is 0.319 e. The van der Waals surface area contributed by atoms with Crippen LogP contribution in [0, 0.1) is 0 Å². The fourth-order valence-corrected chi connectivity index (χ4v) is 3.96. The summed E-state index contributed by atoms with van der Waals surface area (Å²) in [5.74, 6) is -0.284. The molecule has 2 aromatic rings. The van der Waals surface area contributed by atoms with Crippen molar-refractivity contribution in [1.29, 1.82) is 0 Å². The lowest BCUT2D eigenvalue weighted by Gasteiger charge is -2.34. The Labute approximate surface area is 173 Å². The number of carbonyl (C=O) groups excluding carboxylic acids is 3. The number of halogens is 1. The highest BCUT2D eigenvalue weighted by Crippen LogP contribution is 2.24. The number of nitrogens with one attached hydrogen (secondary N) is 3. The monoisotopic (exact) mass is 412 g/mol. The summed E-state index contributed by atoms with van der Waals surface area (Å²) in [5, 5.41) is 8.99. The standard InChI is InChI=1S/C21H21ClN4O3/c22-14-6-8-15(9-7-14)23-21(29)24-16-11-18-19(27)25-17(20(28)26(18)12-16)10-13-4-2-1-3-5-13/h1-9,16-18H,10-12H2,(H,25,27)(H2,23,24,29)/t16-,17-,18-/m0/s1. The quantitative estimate of drug-likeness (QED) is 0.718. The Morgan fingerprint density at radius 1 is 1.10 bits per heavy atom. The normalized spacial score (nSPS) is 23.3. The van der Waals surface area contributed by atoms with Crippen LogP contribution >= 0.6 is 11.6 Å². The molecule has 4 amide bonds. The molecule has 0 bridgehead atoms. The van der Waals surface area contributed by atoms with Crippen molar-refractivity contribution in [3.63, 3.8) is 0 Å². The van der Waals surface area contributed by atoms with Gasteiger partial charge in [-0.1, -0.05) is 41.9 Å². The number of hydrogen-bond acceptors (Lipinski definition) is 3. The fourth-order valence-electron chi connectivity index (χ4n) is 3.84. The van der Waals surface area contributed by atoms with E-state index in [4.69, 9.17) is 11.6 Å². The van der Waals surface area contributed by atoms with Crippen LogP contribution in [0.5, 0.6) is 0 Å². The molecule has 2 aliphatic heterocycles. The summed E-state index contributed by atoms with van der Waals surface area (Å²) >= 11 is 5.84. The summed E-state index contributed by atoms with van der Waals surface area (Å²) in [6.45, 7) is 0.316. The molecule has 2 heterocycles. The van der Waals surface area contributed by atoms with E-state index in [1.807, 2.05) is 30.3 Å². The molecule has 0 radical (unpaired) electrons. The van der Waals surface area contributed by atoms with Crippen molar-refractivity contribution in [2.24, 2.45) is 0 Å². The average Bonchev–Trinajstić information content (AvgIpc) is 3.13. The number of carbonyl (C=O) groups is 3. The van der Waals surface area contributed by atoms with Gasteiger partial charge in [-0.15, -0.1) is 0 Å². The zero-order valence-electron chi connectivity index (χ0n) is 15.6. The summed E-state index contributed by atoms with van der Waals surface area (Å²) in [4.78, 5) is 39.3. The Morgan fingerprint density at radius 3 is 2.55 bits per heavy atom. The molecule has 0 saturated carbocycles. The molecule has 3 N–H and O–H groups in total. The van der Waals surface area contributed by atoms with Crippen LogP contribution in [0.2, 0.25) is 5.02 Å². The highest BCUT2D eigenvalue weighted by atomic mass is 35.5. The second-order valence-corrected chi connectivity index (χ2v) is 7.73. The van der Waals surface area contributed by atoms with Crippen molar-refractivity contribution < 1.29 is 14.4 Å². The molecule has 0 aliphatic carbocycles. The third-order valence-electron chi connectivity index (χ3n) is 5.22. The van der Waals surface area contributed by atoms with Crippen LogP contribution in [0.15, 0.2) is 54.6 Å². The summed E-state index contributed by atoms with van der Waals surface area (Å²) in [7, 11) is 0. The van der Waals surface area contributed by atoms with E-state index in [0.29, 0.717) is 30.1 Å². The molecule has 0 aromatic heterocycles. The minimum absolute atomic E-state index is 0.110. The maximum absolute atomic E-state index is 12.9. The van der Waals surface area contributed by atoms with Gasteiger partial charge in [-0.2, -0.15) is 0 Å². The zero-order valence-corrected chi connectivity index (χ0v) is 16.4. The van der Waals surface area contributed by atoms with Crippen LogP contribution in [-0.4, -0.2) is 47.4 Å². The van der Waals surface area contributed by atoms with Gasteiger partial charge >= 0.3 is 6.03 Å². The van der Waals surface area contributed by atoms with Crippen molar-refractivity contribution >= 4 is 35.1 Å². The first-order valence-corrected chi connectivity index (χ1v) is 9.85. The number of anilines is 1. The summed E-state index contributed by atoms with van der Waals surface area (Å²) < 4.78 is 0. The highest BCUT2D eigenvalue weighted by Gasteiger charge is 2.46. The van der Waals surface area contributed by atoms with E-state index in [-0.39, 0.29) is 23.9 Å². The molecular formula is C21H21ClN4O3. The number of amides is 4. The number of nitrogens with zero attached hydrogens (tertiary/aromatic N) is 1. The Bertz CT molecular complexity index is 919. The predicted molar refractivity (Wildman–Crippen MR) is 110 cm³/mol. The van der Waals surface area contributed by atoms with Crippen molar-refractivity contribution in [2.75, 3.05) is 11.9 Å². The molecule has 8 heteroatoms. The van der Waals surface area contributed by atoms with Gasteiger partial charge < -0.3 is 20.9 Å². The van der Waals surface area contributed by atoms with Gasteiger partial charge in [-0.3, -0.25) is 9.59 Å². The van der Waals surface area contributed by atoms with Crippen molar-refractivity contribution in [2.45, 2.75) is 31.0 Å². The summed E-state index contributed by atoms with van der Waals surface area (Å²) in [5.41, 5.74) is 1.60. The van der Waals surface area contributed by atoms with Crippen LogP contribution < -0.4 is 16.0 Å². The number of benzene rings is 2. The molecular weight excluding hydrogens is 392 g/mol. The number of fused-ring (bicyclic) bond motifs is 1. The van der Waals surface area contributed by atoms with Gasteiger partial charge in [0.05, 0.1) is 6.04 Å². The molecule has 2 fully saturated rings. The average molecular weight is 413 g/mol. The number of piperazine rings is 1. The Morgan fingerprint density at radius 2 is 1.83 bits per heavy atom. The van der Waals surface area contributed by atoms with Gasteiger partial charge in [0.15, 0.2) is 0 Å². The summed E-state index contributed by atoms with van der Waals surface area (Å²) in [6, 6.07) is 14.5. The molecule has 2 aliphatic rings. The van der Waals surface area contributed by atoms with Gasteiger partial charge in [0.1, 0.15) is 12.1 Å². The smallest absolute Gasteiger partial charge is 0.319 e. The van der Waals surface area contributed by atoms with Gasteiger partial charge in [0.2, 0.25) is 11.8 Å². The Balaban J connectivity index is 1.37.